The quantitative estimate of drug-likeness (QED) is 0.740. The van der Waals surface area contributed by atoms with Gasteiger partial charge >= 0.3 is 0 Å². The van der Waals surface area contributed by atoms with Gasteiger partial charge in [0.15, 0.2) is 5.78 Å². The summed E-state index contributed by atoms with van der Waals surface area (Å²) in [7, 11) is 1.57. The number of amides is 2. The number of likely N-dealkylation sites (N-methyl/N-ethyl adjacent to an activating group) is 2. The van der Waals surface area contributed by atoms with Crippen molar-refractivity contribution in [3.05, 3.63) is 58.6 Å². The molecule has 1 spiro atoms. The highest BCUT2D eigenvalue weighted by Gasteiger charge is 2.64. The minimum atomic E-state index is -1.89. The molecule has 4 rings (SSSR count). The van der Waals surface area contributed by atoms with E-state index in [9.17, 15) is 14.4 Å². The average Bonchev–Trinajstić information content (AvgIpc) is 2.87. The highest BCUT2D eigenvalue weighted by Crippen LogP contribution is 2.49. The van der Waals surface area contributed by atoms with Gasteiger partial charge in [-0.25, -0.2) is 0 Å². The number of Topliss-reactive ketones (excluding diaryl/α,β-unsaturated/α-hetero) is 1. The summed E-state index contributed by atoms with van der Waals surface area (Å²) in [6.07, 6.45) is 0. The number of hydrogen-bond donors (Lipinski definition) is 0. The number of benzene rings is 2. The summed E-state index contributed by atoms with van der Waals surface area (Å²) < 4.78 is 0. The highest BCUT2D eigenvalue weighted by atomic mass is 35.5. The molecule has 126 valence electrons. The van der Waals surface area contributed by atoms with E-state index in [0.717, 1.165) is 0 Å². The summed E-state index contributed by atoms with van der Waals surface area (Å²) in [6, 6.07) is 11.9. The van der Waals surface area contributed by atoms with E-state index >= 15 is 0 Å². The van der Waals surface area contributed by atoms with Crippen molar-refractivity contribution in [2.24, 2.45) is 0 Å². The van der Waals surface area contributed by atoms with Gasteiger partial charge in [-0.3, -0.25) is 14.4 Å². The van der Waals surface area contributed by atoms with Crippen molar-refractivity contribution in [1.29, 1.82) is 0 Å². The molecule has 0 saturated heterocycles. The van der Waals surface area contributed by atoms with E-state index in [1.807, 2.05) is 6.92 Å². The topological polar surface area (TPSA) is 57.7 Å². The molecule has 0 aliphatic carbocycles. The first-order valence-electron chi connectivity index (χ1n) is 7.99. The van der Waals surface area contributed by atoms with E-state index in [1.54, 1.807) is 49.5 Å². The maximum Gasteiger partial charge on any atom is 0.255 e. The molecule has 0 N–H and O–H groups in total. The third kappa shape index (κ3) is 1.71. The van der Waals surface area contributed by atoms with Crippen LogP contribution in [-0.2, 0) is 15.0 Å². The molecular formula is C19H15ClN2O3. The van der Waals surface area contributed by atoms with Crippen LogP contribution in [0.25, 0.3) is 0 Å². The van der Waals surface area contributed by atoms with E-state index in [2.05, 4.69) is 0 Å². The molecule has 2 amide bonds. The Labute approximate surface area is 149 Å². The third-order valence-corrected chi connectivity index (χ3v) is 5.34. The van der Waals surface area contributed by atoms with E-state index < -0.39 is 23.0 Å². The van der Waals surface area contributed by atoms with E-state index in [-0.39, 0.29) is 10.6 Å². The van der Waals surface area contributed by atoms with Crippen LogP contribution in [0.15, 0.2) is 42.5 Å². The fraction of sp³-hybridized carbons (Fsp3) is 0.211. The van der Waals surface area contributed by atoms with Crippen LogP contribution < -0.4 is 9.80 Å². The molecule has 0 fully saturated rings. The van der Waals surface area contributed by atoms with E-state index in [4.69, 9.17) is 11.6 Å². The maximum atomic E-state index is 13.5. The number of hydrogen-bond acceptors (Lipinski definition) is 3. The summed E-state index contributed by atoms with van der Waals surface area (Å²) in [5.41, 5.74) is -0.227. The summed E-state index contributed by atoms with van der Waals surface area (Å²) in [6.45, 7) is 2.19. The van der Waals surface area contributed by atoms with Crippen LogP contribution in [0.3, 0.4) is 0 Å². The minimum Gasteiger partial charge on any atom is -0.313 e. The van der Waals surface area contributed by atoms with Gasteiger partial charge in [0.1, 0.15) is 0 Å². The molecule has 2 aliphatic rings. The van der Waals surface area contributed by atoms with Crippen LogP contribution in [0, 0.1) is 0 Å². The second-order valence-corrected chi connectivity index (χ2v) is 6.55. The van der Waals surface area contributed by atoms with Crippen molar-refractivity contribution < 1.29 is 14.4 Å². The molecule has 5 nitrogen and oxygen atoms in total. The predicted octanol–water partition coefficient (Wildman–Crippen LogP) is 2.80. The lowest BCUT2D eigenvalue weighted by atomic mass is 9.71. The lowest BCUT2D eigenvalue weighted by Gasteiger charge is -2.36. The number of carbonyl (C=O) groups is 3. The standard InChI is InChI=1S/C19H15ClN2O3/c1-3-22-13-9-5-4-7-11(13)19(18(22)25)16(23)15-12(20)8-6-10-14(15)21(2)17(19)24/h4-10H,3H2,1-2H3. The first-order chi connectivity index (χ1) is 12.0. The Balaban J connectivity index is 2.09. The summed E-state index contributed by atoms with van der Waals surface area (Å²) in [5, 5.41) is 0.237. The van der Waals surface area contributed by atoms with Crippen LogP contribution in [0.5, 0.6) is 0 Å². The van der Waals surface area contributed by atoms with Crippen LogP contribution in [0.2, 0.25) is 5.02 Å². The molecule has 0 aromatic heterocycles. The Bertz CT molecular complexity index is 955. The Morgan fingerprint density at radius 2 is 1.64 bits per heavy atom. The van der Waals surface area contributed by atoms with Crippen molar-refractivity contribution in [2.45, 2.75) is 12.3 Å². The number of anilines is 2. The lowest BCUT2D eigenvalue weighted by molar-refractivity contribution is -0.131. The molecule has 0 saturated carbocycles. The molecule has 6 heteroatoms. The van der Waals surface area contributed by atoms with Gasteiger partial charge in [0, 0.05) is 24.8 Å². The molecular weight excluding hydrogens is 340 g/mol. The molecule has 2 heterocycles. The number of halogens is 1. The molecule has 25 heavy (non-hydrogen) atoms. The number of ketones is 1. The van der Waals surface area contributed by atoms with Gasteiger partial charge < -0.3 is 9.80 Å². The van der Waals surface area contributed by atoms with Gasteiger partial charge in [-0.1, -0.05) is 35.9 Å². The molecule has 2 aromatic carbocycles. The van der Waals surface area contributed by atoms with Crippen LogP contribution in [0.1, 0.15) is 22.8 Å². The maximum absolute atomic E-state index is 13.5. The molecule has 1 unspecified atom stereocenters. The molecule has 2 aromatic rings. The Hall–Kier alpha value is -2.66. The molecule has 2 aliphatic heterocycles. The summed E-state index contributed by atoms with van der Waals surface area (Å²) in [5.74, 6) is -1.60. The number of carbonyl (C=O) groups excluding carboxylic acids is 3. The van der Waals surface area contributed by atoms with Crippen molar-refractivity contribution in [1.82, 2.24) is 0 Å². The van der Waals surface area contributed by atoms with Crippen LogP contribution in [-0.4, -0.2) is 31.2 Å². The van der Waals surface area contributed by atoms with E-state index in [1.165, 1.54) is 9.80 Å². The average molecular weight is 355 g/mol. The first kappa shape index (κ1) is 15.8. The van der Waals surface area contributed by atoms with Gasteiger partial charge in [-0.05, 0) is 25.1 Å². The SMILES string of the molecule is CCN1C(=O)C2(C(=O)c3c(Cl)cccc3N(C)C2=O)c2ccccc21. The Morgan fingerprint density at radius 3 is 2.36 bits per heavy atom. The van der Waals surface area contributed by atoms with Gasteiger partial charge in [-0.2, -0.15) is 0 Å². The smallest absolute Gasteiger partial charge is 0.255 e. The van der Waals surface area contributed by atoms with Crippen molar-refractivity contribution >= 4 is 40.6 Å². The second-order valence-electron chi connectivity index (χ2n) is 6.14. The van der Waals surface area contributed by atoms with Crippen molar-refractivity contribution in [2.75, 3.05) is 23.4 Å². The monoisotopic (exact) mass is 354 g/mol. The van der Waals surface area contributed by atoms with Gasteiger partial charge in [0.05, 0.1) is 16.3 Å². The largest absolute Gasteiger partial charge is 0.313 e. The lowest BCUT2D eigenvalue weighted by Crippen LogP contribution is -2.59. The van der Waals surface area contributed by atoms with Crippen molar-refractivity contribution in [3.63, 3.8) is 0 Å². The highest BCUT2D eigenvalue weighted by molar-refractivity contribution is 6.46. The number of para-hydroxylation sites is 1. The molecule has 0 radical (unpaired) electrons. The van der Waals surface area contributed by atoms with Crippen LogP contribution in [0.4, 0.5) is 11.4 Å². The number of nitrogens with zero attached hydrogens (tertiary/aromatic N) is 2. The predicted molar refractivity (Wildman–Crippen MR) is 95.3 cm³/mol. The fourth-order valence-electron chi connectivity index (χ4n) is 3.86. The van der Waals surface area contributed by atoms with Crippen LogP contribution >= 0.6 is 11.6 Å². The zero-order chi connectivity index (χ0) is 17.9. The normalized spacial score (nSPS) is 21.8. The van der Waals surface area contributed by atoms with Gasteiger partial charge in [0.2, 0.25) is 5.41 Å². The molecule has 0 bridgehead atoms. The third-order valence-electron chi connectivity index (χ3n) is 5.03. The van der Waals surface area contributed by atoms with Gasteiger partial charge in [-0.15, -0.1) is 0 Å². The minimum absolute atomic E-state index is 0.215. The summed E-state index contributed by atoms with van der Waals surface area (Å²) >= 11 is 6.27. The van der Waals surface area contributed by atoms with Crippen molar-refractivity contribution in [3.8, 4) is 0 Å². The Morgan fingerprint density at radius 1 is 0.960 bits per heavy atom. The zero-order valence-corrected chi connectivity index (χ0v) is 14.5. The first-order valence-corrected chi connectivity index (χ1v) is 8.37. The number of rotatable bonds is 1. The number of fused-ring (bicyclic) bond motifs is 3. The summed E-state index contributed by atoms with van der Waals surface area (Å²) in [4.78, 5) is 42.9. The van der Waals surface area contributed by atoms with Gasteiger partial charge in [0.25, 0.3) is 11.8 Å². The fourth-order valence-corrected chi connectivity index (χ4v) is 4.11. The molecule has 1 atom stereocenters. The van der Waals surface area contributed by atoms with E-state index in [0.29, 0.717) is 23.5 Å². The Kier molecular flexibility index (Phi) is 3.27. The zero-order valence-electron chi connectivity index (χ0n) is 13.7. The second kappa shape index (κ2) is 5.17.